The number of aromatic nitrogens is 1. The van der Waals surface area contributed by atoms with E-state index in [9.17, 15) is 4.39 Å². The van der Waals surface area contributed by atoms with Gasteiger partial charge in [0.1, 0.15) is 10.8 Å². The Kier molecular flexibility index (Phi) is 3.73. The van der Waals surface area contributed by atoms with Crippen molar-refractivity contribution in [1.82, 2.24) is 4.98 Å². The van der Waals surface area contributed by atoms with E-state index in [2.05, 4.69) is 18.1 Å². The monoisotopic (exact) mass is 210 g/mol. The second-order valence-electron chi connectivity index (χ2n) is 2.64. The van der Waals surface area contributed by atoms with Gasteiger partial charge in [-0.25, -0.2) is 9.37 Å². The Morgan fingerprint density at radius 3 is 2.79 bits per heavy atom. The van der Waals surface area contributed by atoms with Crippen molar-refractivity contribution in [1.29, 1.82) is 0 Å². The van der Waals surface area contributed by atoms with Crippen LogP contribution in [0.15, 0.2) is 37.3 Å². The third-order valence-corrected chi connectivity index (χ3v) is 2.59. The molecule has 0 aliphatic heterocycles. The van der Waals surface area contributed by atoms with Gasteiger partial charge in [0.25, 0.3) is 0 Å². The standard InChI is InChI=1S/C10H11FN2S/c1-7(3-4-8(2)11)10-13-6-9(5-12)14-10/h3-4,6H,1-2,5,12H2/b4-3-. The van der Waals surface area contributed by atoms with Gasteiger partial charge < -0.3 is 5.73 Å². The van der Waals surface area contributed by atoms with Crippen molar-refractivity contribution in [2.45, 2.75) is 6.54 Å². The highest BCUT2D eigenvalue weighted by molar-refractivity contribution is 7.12. The van der Waals surface area contributed by atoms with Gasteiger partial charge >= 0.3 is 0 Å². The molecule has 0 aromatic carbocycles. The summed E-state index contributed by atoms with van der Waals surface area (Å²) in [4.78, 5) is 5.08. The maximum atomic E-state index is 12.3. The fourth-order valence-electron chi connectivity index (χ4n) is 0.813. The van der Waals surface area contributed by atoms with Crippen molar-refractivity contribution in [2.24, 2.45) is 5.73 Å². The van der Waals surface area contributed by atoms with Gasteiger partial charge in [-0.1, -0.05) is 13.2 Å². The molecule has 0 fully saturated rings. The van der Waals surface area contributed by atoms with Crippen molar-refractivity contribution in [2.75, 3.05) is 0 Å². The predicted molar refractivity (Wildman–Crippen MR) is 58.4 cm³/mol. The van der Waals surface area contributed by atoms with Crippen molar-refractivity contribution in [3.63, 3.8) is 0 Å². The minimum Gasteiger partial charge on any atom is -0.326 e. The van der Waals surface area contributed by atoms with Crippen LogP contribution >= 0.6 is 11.3 Å². The Morgan fingerprint density at radius 2 is 2.29 bits per heavy atom. The van der Waals surface area contributed by atoms with Crippen LogP contribution in [0.4, 0.5) is 4.39 Å². The summed E-state index contributed by atoms with van der Waals surface area (Å²) >= 11 is 1.45. The molecular formula is C10H11FN2S. The van der Waals surface area contributed by atoms with Crippen LogP contribution in [0.1, 0.15) is 9.88 Å². The molecule has 14 heavy (non-hydrogen) atoms. The number of halogens is 1. The summed E-state index contributed by atoms with van der Waals surface area (Å²) in [5.41, 5.74) is 6.09. The molecule has 1 aromatic rings. The molecule has 1 aromatic heterocycles. The lowest BCUT2D eigenvalue weighted by Gasteiger charge is -1.91. The predicted octanol–water partition coefficient (Wildman–Crippen LogP) is 2.65. The number of rotatable bonds is 4. The van der Waals surface area contributed by atoms with Crippen LogP contribution in [0, 0.1) is 0 Å². The zero-order valence-electron chi connectivity index (χ0n) is 7.66. The van der Waals surface area contributed by atoms with E-state index >= 15 is 0 Å². The molecule has 0 unspecified atom stereocenters. The molecule has 2 nitrogen and oxygen atoms in total. The molecule has 1 rings (SSSR count). The van der Waals surface area contributed by atoms with Gasteiger partial charge in [-0.3, -0.25) is 0 Å². The van der Waals surface area contributed by atoms with E-state index in [1.165, 1.54) is 17.4 Å². The third kappa shape index (κ3) is 2.90. The van der Waals surface area contributed by atoms with Crippen LogP contribution in [0.5, 0.6) is 0 Å². The topological polar surface area (TPSA) is 38.9 Å². The Labute approximate surface area is 86.3 Å². The molecule has 4 heteroatoms. The van der Waals surface area contributed by atoms with E-state index in [0.29, 0.717) is 12.1 Å². The first-order valence-corrected chi connectivity index (χ1v) is 4.81. The molecule has 0 aliphatic rings. The first-order valence-electron chi connectivity index (χ1n) is 4.00. The first-order chi connectivity index (χ1) is 6.63. The van der Waals surface area contributed by atoms with E-state index in [0.717, 1.165) is 9.88 Å². The van der Waals surface area contributed by atoms with Crippen LogP contribution in [0.2, 0.25) is 0 Å². The van der Waals surface area contributed by atoms with E-state index in [1.54, 1.807) is 12.3 Å². The molecule has 0 saturated heterocycles. The van der Waals surface area contributed by atoms with Crippen LogP contribution in [-0.4, -0.2) is 4.98 Å². The minimum atomic E-state index is -0.498. The average molecular weight is 210 g/mol. The molecule has 0 amide bonds. The van der Waals surface area contributed by atoms with Gasteiger partial charge in [0, 0.05) is 23.2 Å². The molecule has 0 aliphatic carbocycles. The van der Waals surface area contributed by atoms with Crippen LogP contribution in [0.3, 0.4) is 0 Å². The maximum absolute atomic E-state index is 12.3. The highest BCUT2D eigenvalue weighted by Crippen LogP contribution is 2.20. The van der Waals surface area contributed by atoms with E-state index in [4.69, 9.17) is 5.73 Å². The second kappa shape index (κ2) is 4.83. The molecule has 1 heterocycles. The zero-order chi connectivity index (χ0) is 10.6. The van der Waals surface area contributed by atoms with Crippen LogP contribution in [0.25, 0.3) is 5.57 Å². The summed E-state index contributed by atoms with van der Waals surface area (Å²) in [6.45, 7) is 7.33. The van der Waals surface area contributed by atoms with Crippen LogP contribution in [-0.2, 0) is 6.54 Å². The molecule has 0 atom stereocenters. The van der Waals surface area contributed by atoms with E-state index in [1.807, 2.05) is 0 Å². The smallest absolute Gasteiger partial charge is 0.122 e. The molecule has 2 N–H and O–H groups in total. The van der Waals surface area contributed by atoms with Crippen molar-refractivity contribution >= 4 is 16.9 Å². The molecule has 0 spiro atoms. The third-order valence-electron chi connectivity index (χ3n) is 1.49. The summed E-state index contributed by atoms with van der Waals surface area (Å²) in [5, 5.41) is 0.753. The lowest BCUT2D eigenvalue weighted by Crippen LogP contribution is -1.91. The number of thiazole rings is 1. The summed E-state index contributed by atoms with van der Waals surface area (Å²) in [6.07, 6.45) is 4.50. The van der Waals surface area contributed by atoms with E-state index in [-0.39, 0.29) is 0 Å². The largest absolute Gasteiger partial charge is 0.326 e. The maximum Gasteiger partial charge on any atom is 0.122 e. The first kappa shape index (κ1) is 10.8. The fraction of sp³-hybridized carbons (Fsp3) is 0.100. The molecule has 0 bridgehead atoms. The number of allylic oxidation sites excluding steroid dienone is 4. The molecule has 74 valence electrons. The Hall–Kier alpha value is -1.26. The second-order valence-corrected chi connectivity index (χ2v) is 3.76. The average Bonchev–Trinajstić information content (AvgIpc) is 2.62. The van der Waals surface area contributed by atoms with E-state index < -0.39 is 5.83 Å². The van der Waals surface area contributed by atoms with Gasteiger partial charge in [-0.15, -0.1) is 11.3 Å². The minimum absolute atomic E-state index is 0.463. The van der Waals surface area contributed by atoms with Gasteiger partial charge in [0.15, 0.2) is 0 Å². The van der Waals surface area contributed by atoms with Crippen molar-refractivity contribution in [3.05, 3.63) is 47.2 Å². The summed E-state index contributed by atoms with van der Waals surface area (Å²) in [6, 6.07) is 0. The lowest BCUT2D eigenvalue weighted by molar-refractivity contribution is 0.671. The summed E-state index contributed by atoms with van der Waals surface area (Å²) < 4.78 is 12.3. The van der Waals surface area contributed by atoms with Gasteiger partial charge in [-0.2, -0.15) is 0 Å². The Morgan fingerprint density at radius 1 is 1.57 bits per heavy atom. The number of hydrogen-bond acceptors (Lipinski definition) is 3. The number of nitrogens with zero attached hydrogens (tertiary/aromatic N) is 1. The Bertz CT molecular complexity index is 379. The van der Waals surface area contributed by atoms with Crippen molar-refractivity contribution < 1.29 is 4.39 Å². The van der Waals surface area contributed by atoms with Crippen molar-refractivity contribution in [3.8, 4) is 0 Å². The molecule has 0 saturated carbocycles. The van der Waals surface area contributed by atoms with Gasteiger partial charge in [0.05, 0.1) is 0 Å². The highest BCUT2D eigenvalue weighted by atomic mass is 32.1. The number of hydrogen-bond donors (Lipinski definition) is 1. The number of nitrogens with two attached hydrogens (primary N) is 1. The quantitative estimate of drug-likeness (QED) is 0.776. The summed E-state index contributed by atoms with van der Waals surface area (Å²) in [7, 11) is 0. The lowest BCUT2D eigenvalue weighted by atomic mass is 10.3. The molecule has 0 radical (unpaired) electrons. The Balaban J connectivity index is 2.74. The fourth-order valence-corrected chi connectivity index (χ4v) is 1.55. The van der Waals surface area contributed by atoms with Gasteiger partial charge in [-0.05, 0) is 12.2 Å². The zero-order valence-corrected chi connectivity index (χ0v) is 8.48. The highest BCUT2D eigenvalue weighted by Gasteiger charge is 2.01. The summed E-state index contributed by atoms with van der Waals surface area (Å²) in [5.74, 6) is -0.498. The van der Waals surface area contributed by atoms with Gasteiger partial charge in [0.2, 0.25) is 0 Å². The van der Waals surface area contributed by atoms with Crippen LogP contribution < -0.4 is 5.73 Å². The molecular weight excluding hydrogens is 199 g/mol. The normalized spacial score (nSPS) is 10.7. The SMILES string of the molecule is C=C(F)/C=C\C(=C)c1ncc(CN)s1.